The maximum absolute atomic E-state index is 12.5. The summed E-state index contributed by atoms with van der Waals surface area (Å²) in [6.07, 6.45) is 4.22. The van der Waals surface area contributed by atoms with Crippen molar-refractivity contribution in [3.05, 3.63) is 66.2 Å². The molecule has 0 saturated carbocycles. The van der Waals surface area contributed by atoms with Crippen LogP contribution in [0.2, 0.25) is 0 Å². The molecule has 3 rings (SSSR count). The Morgan fingerprint density at radius 2 is 1.63 bits per heavy atom. The van der Waals surface area contributed by atoms with Crippen molar-refractivity contribution in [1.82, 2.24) is 4.90 Å². The van der Waals surface area contributed by atoms with Crippen LogP contribution in [0.4, 0.5) is 5.69 Å². The van der Waals surface area contributed by atoms with E-state index in [0.717, 1.165) is 31.2 Å². The number of para-hydroxylation sites is 1. The van der Waals surface area contributed by atoms with E-state index in [2.05, 4.69) is 42.2 Å². The molecule has 1 heterocycles. The van der Waals surface area contributed by atoms with E-state index in [1.807, 2.05) is 42.2 Å². The SMILES string of the molecule is CCC(=O)N(C[C@H](C)N1CCC(Cc2ccccc2)CC1)c1ccccc1. The van der Waals surface area contributed by atoms with Crippen molar-refractivity contribution in [2.24, 2.45) is 5.92 Å². The van der Waals surface area contributed by atoms with E-state index in [-0.39, 0.29) is 5.91 Å². The minimum absolute atomic E-state index is 0.201. The predicted octanol–water partition coefficient (Wildman–Crippen LogP) is 4.77. The maximum atomic E-state index is 12.5. The van der Waals surface area contributed by atoms with Gasteiger partial charge in [-0.25, -0.2) is 0 Å². The smallest absolute Gasteiger partial charge is 0.226 e. The van der Waals surface area contributed by atoms with Gasteiger partial charge in [0.2, 0.25) is 5.91 Å². The van der Waals surface area contributed by atoms with Gasteiger partial charge in [-0.3, -0.25) is 9.69 Å². The summed E-state index contributed by atoms with van der Waals surface area (Å²) in [5, 5.41) is 0. The lowest BCUT2D eigenvalue weighted by Gasteiger charge is -2.38. The molecule has 1 aliphatic rings. The molecule has 0 bridgehead atoms. The van der Waals surface area contributed by atoms with E-state index in [0.29, 0.717) is 12.5 Å². The number of nitrogens with zero attached hydrogens (tertiary/aromatic N) is 2. The molecule has 0 aromatic heterocycles. The molecule has 27 heavy (non-hydrogen) atoms. The van der Waals surface area contributed by atoms with Crippen molar-refractivity contribution < 1.29 is 4.79 Å². The molecule has 3 nitrogen and oxygen atoms in total. The number of carbonyl (C=O) groups is 1. The molecule has 144 valence electrons. The van der Waals surface area contributed by atoms with Gasteiger partial charge in [-0.15, -0.1) is 0 Å². The average molecular weight is 365 g/mol. The molecule has 0 radical (unpaired) electrons. The highest BCUT2D eigenvalue weighted by atomic mass is 16.2. The van der Waals surface area contributed by atoms with Gasteiger partial charge >= 0.3 is 0 Å². The average Bonchev–Trinajstić information content (AvgIpc) is 2.73. The highest BCUT2D eigenvalue weighted by molar-refractivity contribution is 5.93. The summed E-state index contributed by atoms with van der Waals surface area (Å²) < 4.78 is 0. The second-order valence-corrected chi connectivity index (χ2v) is 7.71. The van der Waals surface area contributed by atoms with Gasteiger partial charge in [-0.05, 0) is 62.9 Å². The van der Waals surface area contributed by atoms with Crippen LogP contribution in [0.1, 0.15) is 38.7 Å². The Morgan fingerprint density at radius 3 is 2.22 bits per heavy atom. The molecule has 1 atom stereocenters. The molecule has 1 aliphatic heterocycles. The van der Waals surface area contributed by atoms with E-state index < -0.39 is 0 Å². The van der Waals surface area contributed by atoms with Gasteiger partial charge in [0, 0.05) is 24.7 Å². The first-order valence-corrected chi connectivity index (χ1v) is 10.3. The van der Waals surface area contributed by atoms with Crippen molar-refractivity contribution in [1.29, 1.82) is 0 Å². The Morgan fingerprint density at radius 1 is 1.04 bits per heavy atom. The van der Waals surface area contributed by atoms with Crippen molar-refractivity contribution in [3.8, 4) is 0 Å². The third kappa shape index (κ3) is 5.43. The first kappa shape index (κ1) is 19.6. The lowest BCUT2D eigenvalue weighted by atomic mass is 9.89. The van der Waals surface area contributed by atoms with Crippen LogP contribution < -0.4 is 4.90 Å². The summed E-state index contributed by atoms with van der Waals surface area (Å²) >= 11 is 0. The first-order valence-electron chi connectivity index (χ1n) is 10.3. The summed E-state index contributed by atoms with van der Waals surface area (Å²) in [5.74, 6) is 0.977. The number of anilines is 1. The minimum atomic E-state index is 0.201. The molecule has 0 aliphatic carbocycles. The van der Waals surface area contributed by atoms with E-state index >= 15 is 0 Å². The monoisotopic (exact) mass is 364 g/mol. The standard InChI is InChI=1S/C24H32N2O/c1-3-24(27)26(23-12-8-5-9-13-23)19-20(2)25-16-14-22(15-17-25)18-21-10-6-4-7-11-21/h4-13,20,22H,3,14-19H2,1-2H3/t20-/m0/s1. The third-order valence-electron chi connectivity index (χ3n) is 5.76. The number of rotatable bonds is 7. The van der Waals surface area contributed by atoms with Gasteiger partial charge in [0.1, 0.15) is 0 Å². The zero-order valence-corrected chi connectivity index (χ0v) is 16.7. The Labute approximate surface area is 164 Å². The zero-order chi connectivity index (χ0) is 19.1. The van der Waals surface area contributed by atoms with Gasteiger partial charge in [-0.1, -0.05) is 55.5 Å². The number of hydrogen-bond donors (Lipinski definition) is 0. The molecule has 0 spiro atoms. The molecule has 1 fully saturated rings. The topological polar surface area (TPSA) is 23.6 Å². The molecular weight excluding hydrogens is 332 g/mol. The molecule has 0 unspecified atom stereocenters. The number of carbonyl (C=O) groups excluding carboxylic acids is 1. The Kier molecular flexibility index (Phi) is 7.05. The van der Waals surface area contributed by atoms with Gasteiger partial charge in [-0.2, -0.15) is 0 Å². The quantitative estimate of drug-likeness (QED) is 0.706. The summed E-state index contributed by atoms with van der Waals surface area (Å²) in [6, 6.07) is 21.3. The van der Waals surface area contributed by atoms with Gasteiger partial charge < -0.3 is 4.90 Å². The van der Waals surface area contributed by atoms with Crippen molar-refractivity contribution >= 4 is 11.6 Å². The van der Waals surface area contributed by atoms with Gasteiger partial charge in [0.05, 0.1) is 0 Å². The van der Waals surface area contributed by atoms with Crippen LogP contribution in [0.15, 0.2) is 60.7 Å². The molecule has 2 aromatic carbocycles. The number of likely N-dealkylation sites (tertiary alicyclic amines) is 1. The van der Waals surface area contributed by atoms with Crippen LogP contribution in [-0.4, -0.2) is 36.5 Å². The second kappa shape index (κ2) is 9.70. The molecule has 3 heteroatoms. The lowest BCUT2D eigenvalue weighted by Crippen LogP contribution is -2.47. The third-order valence-corrected chi connectivity index (χ3v) is 5.76. The van der Waals surface area contributed by atoms with Gasteiger partial charge in [0.25, 0.3) is 0 Å². The van der Waals surface area contributed by atoms with Crippen LogP contribution in [0.25, 0.3) is 0 Å². The van der Waals surface area contributed by atoms with Crippen molar-refractivity contribution in [2.45, 2.75) is 45.6 Å². The largest absolute Gasteiger partial charge is 0.311 e. The lowest BCUT2D eigenvalue weighted by molar-refractivity contribution is -0.118. The fraction of sp³-hybridized carbons (Fsp3) is 0.458. The van der Waals surface area contributed by atoms with E-state index in [4.69, 9.17) is 0 Å². The molecule has 2 aromatic rings. The maximum Gasteiger partial charge on any atom is 0.226 e. The summed E-state index contributed by atoms with van der Waals surface area (Å²) in [5.41, 5.74) is 2.46. The Bertz CT molecular complexity index is 693. The number of amides is 1. The first-order chi connectivity index (χ1) is 13.2. The molecule has 1 saturated heterocycles. The minimum Gasteiger partial charge on any atom is -0.311 e. The van der Waals surface area contributed by atoms with Crippen LogP contribution in [0, 0.1) is 5.92 Å². The van der Waals surface area contributed by atoms with Gasteiger partial charge in [0.15, 0.2) is 0 Å². The van der Waals surface area contributed by atoms with Crippen LogP contribution >= 0.6 is 0 Å². The van der Waals surface area contributed by atoms with Crippen LogP contribution in [-0.2, 0) is 11.2 Å². The molecule has 0 N–H and O–H groups in total. The van der Waals surface area contributed by atoms with E-state index in [1.165, 1.54) is 24.8 Å². The summed E-state index contributed by atoms with van der Waals surface area (Å²) in [4.78, 5) is 17.0. The number of piperidine rings is 1. The highest BCUT2D eigenvalue weighted by Gasteiger charge is 2.25. The van der Waals surface area contributed by atoms with E-state index in [9.17, 15) is 4.79 Å². The second-order valence-electron chi connectivity index (χ2n) is 7.71. The number of hydrogen-bond acceptors (Lipinski definition) is 2. The van der Waals surface area contributed by atoms with E-state index in [1.54, 1.807) is 0 Å². The Balaban J connectivity index is 1.55. The molecular formula is C24H32N2O. The van der Waals surface area contributed by atoms with Crippen LogP contribution in [0.3, 0.4) is 0 Å². The predicted molar refractivity (Wildman–Crippen MR) is 113 cm³/mol. The fourth-order valence-electron chi connectivity index (χ4n) is 4.07. The highest BCUT2D eigenvalue weighted by Crippen LogP contribution is 2.24. The zero-order valence-electron chi connectivity index (χ0n) is 16.7. The Hall–Kier alpha value is -2.13. The number of benzene rings is 2. The van der Waals surface area contributed by atoms with Crippen molar-refractivity contribution in [2.75, 3.05) is 24.5 Å². The normalized spacial score (nSPS) is 16.8. The summed E-state index contributed by atoms with van der Waals surface area (Å²) in [6.45, 7) is 7.22. The molecule has 1 amide bonds. The van der Waals surface area contributed by atoms with Crippen LogP contribution in [0.5, 0.6) is 0 Å². The van der Waals surface area contributed by atoms with Crippen molar-refractivity contribution in [3.63, 3.8) is 0 Å². The fourth-order valence-corrected chi connectivity index (χ4v) is 4.07. The summed E-state index contributed by atoms with van der Waals surface area (Å²) in [7, 11) is 0.